The first-order chi connectivity index (χ1) is 10.1. The van der Waals surface area contributed by atoms with E-state index in [0.29, 0.717) is 25.5 Å². The Hall–Kier alpha value is -1.93. The Balaban J connectivity index is 2.05. The van der Waals surface area contributed by atoms with Gasteiger partial charge in [0.2, 0.25) is 5.82 Å². The lowest BCUT2D eigenvalue weighted by Gasteiger charge is -2.30. The molecular weight excluding hydrogens is 274 g/mol. The number of hydrogen-bond acceptors (Lipinski definition) is 7. The molecule has 1 aromatic rings. The summed E-state index contributed by atoms with van der Waals surface area (Å²) >= 11 is 0. The number of nitrogens with zero attached hydrogens (tertiary/aromatic N) is 3. The molecule has 0 aromatic carbocycles. The third-order valence-corrected chi connectivity index (χ3v) is 3.27. The molecule has 0 radical (unpaired) electrons. The molecule has 1 atom stereocenters. The molecule has 1 aromatic heterocycles. The first kappa shape index (κ1) is 15.5. The van der Waals surface area contributed by atoms with Crippen molar-refractivity contribution in [2.24, 2.45) is 0 Å². The lowest BCUT2D eigenvalue weighted by molar-refractivity contribution is -0.384. The summed E-state index contributed by atoms with van der Waals surface area (Å²) in [7, 11) is 2.03. The third-order valence-electron chi connectivity index (χ3n) is 3.27. The Labute approximate surface area is 123 Å². The van der Waals surface area contributed by atoms with Gasteiger partial charge in [0.25, 0.3) is 0 Å². The molecule has 1 fully saturated rings. The normalized spacial score (nSPS) is 19.2. The van der Waals surface area contributed by atoms with Gasteiger partial charge in [-0.2, -0.15) is 0 Å². The van der Waals surface area contributed by atoms with Crippen molar-refractivity contribution in [1.82, 2.24) is 9.88 Å². The van der Waals surface area contributed by atoms with E-state index in [1.54, 1.807) is 6.07 Å². The van der Waals surface area contributed by atoms with Gasteiger partial charge in [-0.3, -0.25) is 10.1 Å². The van der Waals surface area contributed by atoms with Gasteiger partial charge in [0.1, 0.15) is 5.82 Å². The van der Waals surface area contributed by atoms with Crippen LogP contribution in [0.5, 0.6) is 0 Å². The fourth-order valence-electron chi connectivity index (χ4n) is 2.21. The van der Waals surface area contributed by atoms with Gasteiger partial charge in [0.15, 0.2) is 0 Å². The minimum absolute atomic E-state index is 0.00736. The maximum absolute atomic E-state index is 11.1. The Kier molecular flexibility index (Phi) is 5.29. The van der Waals surface area contributed by atoms with E-state index < -0.39 is 4.92 Å². The number of nitrogens with one attached hydrogen (secondary N) is 2. The molecule has 2 heterocycles. The molecule has 0 amide bonds. The molecule has 1 aliphatic rings. The van der Waals surface area contributed by atoms with Gasteiger partial charge in [-0.1, -0.05) is 0 Å². The molecule has 0 saturated carbocycles. The number of ether oxygens (including phenoxy) is 1. The summed E-state index contributed by atoms with van der Waals surface area (Å²) in [6.07, 6.45) is 0.00736. The van der Waals surface area contributed by atoms with Crippen LogP contribution < -0.4 is 10.6 Å². The third kappa shape index (κ3) is 4.27. The van der Waals surface area contributed by atoms with Gasteiger partial charge in [-0.25, -0.2) is 4.98 Å². The maximum Gasteiger partial charge on any atom is 0.311 e. The monoisotopic (exact) mass is 295 g/mol. The predicted molar refractivity (Wildman–Crippen MR) is 80.8 cm³/mol. The van der Waals surface area contributed by atoms with Crippen LogP contribution in [0.4, 0.5) is 17.3 Å². The molecular formula is C13H21N5O3. The van der Waals surface area contributed by atoms with Crippen LogP contribution in [0.3, 0.4) is 0 Å². The SMILES string of the molecule is CCNc1ccc([N+](=O)[O-])c(NCC2CN(C)CCO2)n1. The highest BCUT2D eigenvalue weighted by Crippen LogP contribution is 2.24. The van der Waals surface area contributed by atoms with Crippen LogP contribution >= 0.6 is 0 Å². The molecule has 0 bridgehead atoms. The Morgan fingerprint density at radius 2 is 2.33 bits per heavy atom. The summed E-state index contributed by atoms with van der Waals surface area (Å²) in [5.41, 5.74) is -0.0270. The van der Waals surface area contributed by atoms with Crippen molar-refractivity contribution in [3.8, 4) is 0 Å². The van der Waals surface area contributed by atoms with Crippen molar-refractivity contribution in [1.29, 1.82) is 0 Å². The first-order valence-electron chi connectivity index (χ1n) is 7.03. The quantitative estimate of drug-likeness (QED) is 0.601. The van der Waals surface area contributed by atoms with Crippen molar-refractivity contribution >= 4 is 17.3 Å². The number of likely N-dealkylation sites (N-methyl/N-ethyl adjacent to an activating group) is 1. The van der Waals surface area contributed by atoms with Crippen LogP contribution in [-0.4, -0.2) is 60.7 Å². The summed E-state index contributed by atoms with van der Waals surface area (Å²) in [4.78, 5) is 17.1. The Morgan fingerprint density at radius 3 is 3.00 bits per heavy atom. The smallest absolute Gasteiger partial charge is 0.311 e. The summed E-state index contributed by atoms with van der Waals surface area (Å²) in [5.74, 6) is 0.891. The second-order valence-corrected chi connectivity index (χ2v) is 4.99. The molecule has 1 unspecified atom stereocenters. The Morgan fingerprint density at radius 1 is 1.52 bits per heavy atom. The number of hydrogen-bond donors (Lipinski definition) is 2. The lowest BCUT2D eigenvalue weighted by atomic mass is 10.2. The molecule has 1 saturated heterocycles. The highest BCUT2D eigenvalue weighted by atomic mass is 16.6. The van der Waals surface area contributed by atoms with E-state index in [1.807, 2.05) is 14.0 Å². The van der Waals surface area contributed by atoms with E-state index in [4.69, 9.17) is 4.74 Å². The molecule has 0 spiro atoms. The van der Waals surface area contributed by atoms with Crippen LogP contribution in [0.15, 0.2) is 12.1 Å². The zero-order valence-corrected chi connectivity index (χ0v) is 12.3. The topological polar surface area (TPSA) is 92.6 Å². The van der Waals surface area contributed by atoms with Crippen molar-refractivity contribution in [3.05, 3.63) is 22.2 Å². The number of morpholine rings is 1. The molecule has 8 nitrogen and oxygen atoms in total. The minimum atomic E-state index is -0.432. The van der Waals surface area contributed by atoms with E-state index in [9.17, 15) is 10.1 Å². The van der Waals surface area contributed by atoms with E-state index in [2.05, 4.69) is 20.5 Å². The zero-order valence-electron chi connectivity index (χ0n) is 12.3. The highest BCUT2D eigenvalue weighted by molar-refractivity contribution is 5.60. The highest BCUT2D eigenvalue weighted by Gasteiger charge is 2.20. The van der Waals surface area contributed by atoms with E-state index >= 15 is 0 Å². The molecule has 1 aliphatic heterocycles. The van der Waals surface area contributed by atoms with E-state index in [0.717, 1.165) is 13.1 Å². The number of rotatable bonds is 6. The van der Waals surface area contributed by atoms with Gasteiger partial charge < -0.3 is 20.3 Å². The van der Waals surface area contributed by atoms with Gasteiger partial charge in [0, 0.05) is 32.2 Å². The van der Waals surface area contributed by atoms with Crippen LogP contribution in [0.1, 0.15) is 6.92 Å². The molecule has 8 heteroatoms. The summed E-state index contributed by atoms with van der Waals surface area (Å²) in [6, 6.07) is 3.07. The number of pyridine rings is 1. The minimum Gasteiger partial charge on any atom is -0.374 e. The average Bonchev–Trinajstić information content (AvgIpc) is 2.45. The molecule has 0 aliphatic carbocycles. The summed E-state index contributed by atoms with van der Waals surface area (Å²) < 4.78 is 5.63. The largest absolute Gasteiger partial charge is 0.374 e. The van der Waals surface area contributed by atoms with Crippen LogP contribution in [0.2, 0.25) is 0 Å². The second-order valence-electron chi connectivity index (χ2n) is 4.99. The van der Waals surface area contributed by atoms with Crippen LogP contribution in [0, 0.1) is 10.1 Å². The molecule has 2 N–H and O–H groups in total. The van der Waals surface area contributed by atoms with Crippen molar-refractivity contribution in [2.75, 3.05) is 50.5 Å². The average molecular weight is 295 g/mol. The molecule has 2 rings (SSSR count). The van der Waals surface area contributed by atoms with E-state index in [1.165, 1.54) is 6.07 Å². The van der Waals surface area contributed by atoms with E-state index in [-0.39, 0.29) is 17.6 Å². The Bertz CT molecular complexity index is 497. The van der Waals surface area contributed by atoms with Crippen molar-refractivity contribution in [2.45, 2.75) is 13.0 Å². The van der Waals surface area contributed by atoms with Gasteiger partial charge >= 0.3 is 5.69 Å². The van der Waals surface area contributed by atoms with Crippen molar-refractivity contribution in [3.63, 3.8) is 0 Å². The van der Waals surface area contributed by atoms with Gasteiger partial charge in [-0.05, 0) is 20.0 Å². The summed E-state index contributed by atoms with van der Waals surface area (Å²) in [5, 5.41) is 17.1. The first-order valence-corrected chi connectivity index (χ1v) is 7.03. The second kappa shape index (κ2) is 7.19. The lowest BCUT2D eigenvalue weighted by Crippen LogP contribution is -2.43. The van der Waals surface area contributed by atoms with Gasteiger partial charge in [-0.15, -0.1) is 0 Å². The fourth-order valence-corrected chi connectivity index (χ4v) is 2.21. The van der Waals surface area contributed by atoms with Crippen molar-refractivity contribution < 1.29 is 9.66 Å². The maximum atomic E-state index is 11.1. The molecule has 116 valence electrons. The number of nitro groups is 1. The van der Waals surface area contributed by atoms with Crippen LogP contribution in [-0.2, 0) is 4.74 Å². The predicted octanol–water partition coefficient (Wildman–Crippen LogP) is 1.16. The van der Waals surface area contributed by atoms with Crippen LogP contribution in [0.25, 0.3) is 0 Å². The molecule has 21 heavy (non-hydrogen) atoms. The number of anilines is 2. The van der Waals surface area contributed by atoms with Gasteiger partial charge in [0.05, 0.1) is 17.6 Å². The fraction of sp³-hybridized carbons (Fsp3) is 0.615. The standard InChI is InChI=1S/C13H21N5O3/c1-3-14-12-5-4-11(18(19)20)13(16-12)15-8-10-9-17(2)6-7-21-10/h4-5,10H,3,6-9H2,1-2H3,(H2,14,15,16). The zero-order chi connectivity index (χ0) is 15.2. The number of aromatic nitrogens is 1. The summed E-state index contributed by atoms with van der Waals surface area (Å²) in [6.45, 7) is 5.53.